The van der Waals surface area contributed by atoms with Crippen molar-refractivity contribution in [2.24, 2.45) is 0 Å². The monoisotopic (exact) mass is 520 g/mol. The van der Waals surface area contributed by atoms with Gasteiger partial charge >= 0.3 is 0 Å². The fraction of sp³-hybridized carbons (Fsp3) is 0.545. The van der Waals surface area contributed by atoms with Crippen molar-refractivity contribution in [3.05, 3.63) is 42.1 Å². The van der Waals surface area contributed by atoms with Crippen molar-refractivity contribution in [3.8, 4) is 34.3 Å². The predicted molar refractivity (Wildman–Crippen MR) is 155 cm³/mol. The van der Waals surface area contributed by atoms with Gasteiger partial charge in [0.25, 0.3) is 0 Å². The lowest BCUT2D eigenvalue weighted by Crippen LogP contribution is -2.40. The molecule has 4 rings (SSSR count). The third-order valence-corrected chi connectivity index (χ3v) is 7.16. The van der Waals surface area contributed by atoms with Gasteiger partial charge in [0.05, 0.1) is 37.4 Å². The fourth-order valence-electron chi connectivity index (χ4n) is 4.80. The van der Waals surface area contributed by atoms with Gasteiger partial charge in [-0.15, -0.1) is 0 Å². The summed E-state index contributed by atoms with van der Waals surface area (Å²) in [5, 5.41) is 2.27. The second-order valence-electron chi connectivity index (χ2n) is 10.3. The number of aromatic nitrogens is 1. The molecule has 0 radical (unpaired) electrons. The number of fused-ring (bicyclic) bond motifs is 4. The van der Waals surface area contributed by atoms with E-state index in [0.717, 1.165) is 105 Å². The lowest BCUT2D eigenvalue weighted by Gasteiger charge is -2.20. The highest BCUT2D eigenvalue weighted by atomic mass is 16.5. The van der Waals surface area contributed by atoms with Gasteiger partial charge < -0.3 is 18.9 Å². The van der Waals surface area contributed by atoms with Crippen LogP contribution in [0.5, 0.6) is 23.0 Å². The molecule has 0 atom stereocenters. The van der Waals surface area contributed by atoms with E-state index >= 15 is 0 Å². The first-order chi connectivity index (χ1) is 18.7. The number of ether oxygens (including phenoxy) is 4. The molecule has 2 heterocycles. The first-order valence-electron chi connectivity index (χ1n) is 14.9. The van der Waals surface area contributed by atoms with Crippen LogP contribution in [0.3, 0.4) is 0 Å². The van der Waals surface area contributed by atoms with E-state index in [0.29, 0.717) is 19.8 Å². The van der Waals surface area contributed by atoms with Crippen LogP contribution in [0.4, 0.5) is 0 Å². The first-order valence-corrected chi connectivity index (χ1v) is 14.9. The molecule has 38 heavy (non-hydrogen) atoms. The molecular weight excluding hydrogens is 474 g/mol. The zero-order valence-electron chi connectivity index (χ0n) is 23.9. The van der Waals surface area contributed by atoms with Gasteiger partial charge in [-0.25, -0.2) is 0 Å². The minimum Gasteiger partial charge on any atom is -0.490 e. The number of hydrogen-bond acceptors (Lipinski definition) is 4. The Morgan fingerprint density at radius 2 is 1.24 bits per heavy atom. The Bertz CT molecular complexity index is 1190. The smallest absolute Gasteiger partial charge is 0.213 e. The van der Waals surface area contributed by atoms with Crippen LogP contribution in [-0.4, -0.2) is 26.4 Å². The molecule has 1 aliphatic heterocycles. The Morgan fingerprint density at radius 1 is 0.658 bits per heavy atom. The summed E-state index contributed by atoms with van der Waals surface area (Å²) in [7, 11) is 0. The Kier molecular flexibility index (Phi) is 10.5. The summed E-state index contributed by atoms with van der Waals surface area (Å²) in [5.41, 5.74) is 3.75. The van der Waals surface area contributed by atoms with Crippen molar-refractivity contribution in [2.45, 2.75) is 92.0 Å². The standard InChI is InChI=1S/C33H46NO4/c1-5-9-17-35-30-14-13-25-21-29-27-23-32(37-19-11-7-3)31(36-18-10-6-2)22-26(27)15-16-34(29)24-28(25)33(30)38-20-12-8-4/h13-14,21-24H,5-12,15-20H2,1-4H3/q+1. The molecule has 0 saturated heterocycles. The second kappa shape index (κ2) is 14.3. The highest BCUT2D eigenvalue weighted by molar-refractivity contribution is 5.91. The molecule has 0 saturated carbocycles. The number of aryl methyl sites for hydroxylation is 2. The summed E-state index contributed by atoms with van der Waals surface area (Å²) in [6.45, 7) is 12.5. The molecule has 1 aromatic heterocycles. The molecule has 3 aromatic rings. The van der Waals surface area contributed by atoms with E-state index < -0.39 is 0 Å². The third-order valence-electron chi connectivity index (χ3n) is 7.16. The largest absolute Gasteiger partial charge is 0.490 e. The Labute approximate surface area is 229 Å². The Morgan fingerprint density at radius 3 is 1.87 bits per heavy atom. The van der Waals surface area contributed by atoms with Crippen LogP contribution in [0.2, 0.25) is 0 Å². The van der Waals surface area contributed by atoms with Gasteiger partial charge in [-0.05, 0) is 60.9 Å². The van der Waals surface area contributed by atoms with Crippen LogP contribution in [0.1, 0.15) is 84.6 Å². The van der Waals surface area contributed by atoms with Gasteiger partial charge in [0.1, 0.15) is 0 Å². The molecule has 5 heteroatoms. The maximum Gasteiger partial charge on any atom is 0.213 e. The van der Waals surface area contributed by atoms with Crippen molar-refractivity contribution in [3.63, 3.8) is 0 Å². The van der Waals surface area contributed by atoms with E-state index in [4.69, 9.17) is 18.9 Å². The SMILES string of the molecule is CCCCOc1cc2c(cc1OCCCC)-c1cc3ccc(OCCCC)c(OCCCC)c3c[n+]1CC2. The summed E-state index contributed by atoms with van der Waals surface area (Å²) in [6.07, 6.45) is 11.8. The van der Waals surface area contributed by atoms with Crippen molar-refractivity contribution in [1.29, 1.82) is 0 Å². The van der Waals surface area contributed by atoms with Crippen LogP contribution in [0.25, 0.3) is 22.0 Å². The van der Waals surface area contributed by atoms with Crippen molar-refractivity contribution < 1.29 is 23.5 Å². The van der Waals surface area contributed by atoms with E-state index in [1.807, 2.05) is 0 Å². The summed E-state index contributed by atoms with van der Waals surface area (Å²) in [5.74, 6) is 3.45. The van der Waals surface area contributed by atoms with Gasteiger partial charge in [-0.2, -0.15) is 4.57 Å². The maximum atomic E-state index is 6.34. The first kappa shape index (κ1) is 28.1. The molecule has 0 N–H and O–H groups in total. The molecular formula is C33H46NO4+. The van der Waals surface area contributed by atoms with E-state index in [-0.39, 0.29) is 0 Å². The number of benzene rings is 2. The molecule has 0 spiro atoms. The molecule has 5 nitrogen and oxygen atoms in total. The molecule has 0 amide bonds. The highest BCUT2D eigenvalue weighted by Gasteiger charge is 2.27. The maximum absolute atomic E-state index is 6.34. The molecule has 0 unspecified atom stereocenters. The average Bonchev–Trinajstić information content (AvgIpc) is 2.93. The molecule has 0 bridgehead atoms. The summed E-state index contributed by atoms with van der Waals surface area (Å²) < 4.78 is 27.3. The number of hydrogen-bond donors (Lipinski definition) is 0. The lowest BCUT2D eigenvalue weighted by molar-refractivity contribution is -0.686. The normalized spacial score (nSPS) is 12.2. The van der Waals surface area contributed by atoms with Gasteiger partial charge in [0, 0.05) is 12.5 Å². The van der Waals surface area contributed by atoms with Crippen LogP contribution < -0.4 is 23.5 Å². The van der Waals surface area contributed by atoms with Crippen molar-refractivity contribution >= 4 is 10.8 Å². The summed E-state index contributed by atoms with van der Waals surface area (Å²) >= 11 is 0. The minimum absolute atomic E-state index is 0.698. The van der Waals surface area contributed by atoms with Crippen molar-refractivity contribution in [2.75, 3.05) is 26.4 Å². The van der Waals surface area contributed by atoms with Gasteiger partial charge in [-0.1, -0.05) is 53.4 Å². The number of nitrogens with zero attached hydrogens (tertiary/aromatic N) is 1. The van der Waals surface area contributed by atoms with E-state index in [2.05, 4.69) is 68.8 Å². The van der Waals surface area contributed by atoms with Crippen LogP contribution in [0, 0.1) is 0 Å². The predicted octanol–water partition coefficient (Wildman–Crippen LogP) is 8.07. The van der Waals surface area contributed by atoms with Crippen LogP contribution >= 0.6 is 0 Å². The van der Waals surface area contributed by atoms with Crippen molar-refractivity contribution in [1.82, 2.24) is 0 Å². The molecule has 0 fully saturated rings. The summed E-state index contributed by atoms with van der Waals surface area (Å²) in [4.78, 5) is 0. The zero-order valence-corrected chi connectivity index (χ0v) is 23.9. The van der Waals surface area contributed by atoms with Gasteiger partial charge in [0.2, 0.25) is 5.69 Å². The third kappa shape index (κ3) is 6.73. The molecule has 0 aliphatic carbocycles. The van der Waals surface area contributed by atoms with Gasteiger partial charge in [-0.3, -0.25) is 0 Å². The van der Waals surface area contributed by atoms with Gasteiger partial charge in [0.15, 0.2) is 35.7 Å². The quantitative estimate of drug-likeness (QED) is 0.141. The van der Waals surface area contributed by atoms with E-state index in [1.54, 1.807) is 0 Å². The average molecular weight is 521 g/mol. The number of unbranched alkanes of at least 4 members (excludes halogenated alkanes) is 4. The molecule has 1 aliphatic rings. The Balaban J connectivity index is 1.73. The summed E-state index contributed by atoms with van der Waals surface area (Å²) in [6, 6.07) is 10.9. The molecule has 206 valence electrons. The number of pyridine rings is 1. The number of rotatable bonds is 16. The zero-order chi connectivity index (χ0) is 26.7. The van der Waals surface area contributed by atoms with Crippen LogP contribution in [0.15, 0.2) is 36.5 Å². The van der Waals surface area contributed by atoms with E-state index in [1.165, 1.54) is 16.8 Å². The second-order valence-corrected chi connectivity index (χ2v) is 10.3. The highest BCUT2D eigenvalue weighted by Crippen LogP contribution is 2.40. The molecule has 2 aromatic carbocycles. The topological polar surface area (TPSA) is 40.8 Å². The minimum atomic E-state index is 0.698. The van der Waals surface area contributed by atoms with Crippen LogP contribution in [-0.2, 0) is 13.0 Å². The van der Waals surface area contributed by atoms with E-state index in [9.17, 15) is 0 Å². The fourth-order valence-corrected chi connectivity index (χ4v) is 4.80. The Hall–Kier alpha value is -2.95. The lowest BCUT2D eigenvalue weighted by atomic mass is 9.95.